The van der Waals surface area contributed by atoms with Gasteiger partial charge in [0.2, 0.25) is 6.79 Å². The van der Waals surface area contributed by atoms with Crippen LogP contribution in [-0.2, 0) is 14.4 Å². The predicted molar refractivity (Wildman–Crippen MR) is 135 cm³/mol. The molecule has 1 fully saturated rings. The van der Waals surface area contributed by atoms with Crippen LogP contribution in [0, 0.1) is 5.82 Å². The van der Waals surface area contributed by atoms with Crippen molar-refractivity contribution in [2.24, 2.45) is 0 Å². The summed E-state index contributed by atoms with van der Waals surface area (Å²) >= 11 is 0. The Bertz CT molecular complexity index is 1520. The second-order valence-electron chi connectivity index (χ2n) is 8.22. The summed E-state index contributed by atoms with van der Waals surface area (Å²) in [7, 11) is 1.39. The van der Waals surface area contributed by atoms with E-state index in [1.54, 1.807) is 24.3 Å². The number of fused-ring (bicyclic) bond motifs is 1. The van der Waals surface area contributed by atoms with E-state index in [9.17, 15) is 23.6 Å². The van der Waals surface area contributed by atoms with Gasteiger partial charge < -0.3 is 24.3 Å². The minimum absolute atomic E-state index is 0.00308. The van der Waals surface area contributed by atoms with Crippen LogP contribution in [0.4, 0.5) is 20.6 Å². The van der Waals surface area contributed by atoms with Gasteiger partial charge in [-0.1, -0.05) is 12.1 Å². The lowest BCUT2D eigenvalue weighted by molar-refractivity contribution is -0.122. The van der Waals surface area contributed by atoms with E-state index in [2.05, 4.69) is 10.6 Å². The van der Waals surface area contributed by atoms with Crippen molar-refractivity contribution in [2.45, 2.75) is 0 Å². The number of nitrogens with one attached hydrogen (secondary N) is 2. The number of anilines is 2. The standard InChI is InChI=1S/C27H20FN3O8/c1-36-21-4-2-3-15(24(21)37-13-23(32)29-17-7-5-16(28)6-8-17)11-19-25(33)30-27(35)31(26(19)34)18-9-10-20-22(12-18)39-14-38-20/h2-12H,13-14H2,1H3,(H,29,32)(H,30,33,35)/b19-11+. The van der Waals surface area contributed by atoms with Crippen LogP contribution >= 0.6 is 0 Å². The van der Waals surface area contributed by atoms with Crippen LogP contribution in [0.3, 0.4) is 0 Å². The molecule has 5 rings (SSSR count). The molecule has 3 aromatic rings. The monoisotopic (exact) mass is 533 g/mol. The summed E-state index contributed by atoms with van der Waals surface area (Å²) in [6, 6.07) is 13.5. The van der Waals surface area contributed by atoms with Crippen molar-refractivity contribution < 1.29 is 42.5 Å². The molecule has 39 heavy (non-hydrogen) atoms. The zero-order chi connectivity index (χ0) is 27.5. The summed E-state index contributed by atoms with van der Waals surface area (Å²) in [6.07, 6.45) is 1.24. The fourth-order valence-corrected chi connectivity index (χ4v) is 3.90. The number of hydrogen-bond acceptors (Lipinski definition) is 8. The Hall–Kier alpha value is -5.39. The van der Waals surface area contributed by atoms with Gasteiger partial charge in [0.15, 0.2) is 29.6 Å². The van der Waals surface area contributed by atoms with Crippen molar-refractivity contribution in [3.05, 3.63) is 77.6 Å². The fourth-order valence-electron chi connectivity index (χ4n) is 3.90. The highest BCUT2D eigenvalue weighted by atomic mass is 19.1. The molecule has 0 aromatic heterocycles. The molecule has 2 heterocycles. The van der Waals surface area contributed by atoms with Gasteiger partial charge >= 0.3 is 6.03 Å². The first-order valence-electron chi connectivity index (χ1n) is 11.5. The van der Waals surface area contributed by atoms with Crippen LogP contribution in [-0.4, -0.2) is 44.3 Å². The van der Waals surface area contributed by atoms with E-state index >= 15 is 0 Å². The molecule has 0 atom stereocenters. The molecule has 3 aromatic carbocycles. The molecule has 12 heteroatoms. The van der Waals surface area contributed by atoms with Crippen molar-refractivity contribution in [3.8, 4) is 23.0 Å². The van der Waals surface area contributed by atoms with Gasteiger partial charge in [-0.15, -0.1) is 0 Å². The third kappa shape index (κ3) is 5.21. The number of halogens is 1. The molecular weight excluding hydrogens is 513 g/mol. The lowest BCUT2D eigenvalue weighted by Gasteiger charge is -2.26. The zero-order valence-corrected chi connectivity index (χ0v) is 20.4. The number of barbiturate groups is 1. The van der Waals surface area contributed by atoms with Crippen LogP contribution in [0.15, 0.2) is 66.2 Å². The fraction of sp³-hybridized carbons (Fsp3) is 0.111. The molecule has 1 saturated heterocycles. The number of rotatable bonds is 7. The van der Waals surface area contributed by atoms with E-state index in [0.29, 0.717) is 17.2 Å². The Morgan fingerprint density at radius 1 is 1.08 bits per heavy atom. The number of benzene rings is 3. The Kier molecular flexibility index (Phi) is 6.83. The number of nitrogens with zero attached hydrogens (tertiary/aromatic N) is 1. The maximum Gasteiger partial charge on any atom is 0.335 e. The Morgan fingerprint density at radius 2 is 1.85 bits per heavy atom. The third-order valence-corrected chi connectivity index (χ3v) is 5.72. The minimum atomic E-state index is -0.930. The number of carbonyl (C=O) groups is 4. The Balaban J connectivity index is 1.41. The van der Waals surface area contributed by atoms with E-state index in [1.807, 2.05) is 0 Å². The number of hydrogen-bond donors (Lipinski definition) is 2. The molecule has 2 N–H and O–H groups in total. The Labute approximate surface area is 220 Å². The van der Waals surface area contributed by atoms with Crippen molar-refractivity contribution in [1.82, 2.24) is 5.32 Å². The van der Waals surface area contributed by atoms with Crippen LogP contribution < -0.4 is 34.5 Å². The summed E-state index contributed by atoms with van der Waals surface area (Å²) < 4.78 is 34.7. The Morgan fingerprint density at radius 3 is 2.62 bits per heavy atom. The van der Waals surface area contributed by atoms with Gasteiger partial charge in [0.25, 0.3) is 17.7 Å². The molecule has 0 radical (unpaired) electrons. The van der Waals surface area contributed by atoms with Gasteiger partial charge in [0.1, 0.15) is 11.4 Å². The van der Waals surface area contributed by atoms with E-state index in [1.165, 1.54) is 49.6 Å². The average molecular weight is 533 g/mol. The normalized spacial score (nSPS) is 15.3. The molecule has 11 nitrogen and oxygen atoms in total. The maximum atomic E-state index is 13.4. The number of imide groups is 2. The number of urea groups is 1. The van der Waals surface area contributed by atoms with E-state index in [4.69, 9.17) is 18.9 Å². The van der Waals surface area contributed by atoms with Gasteiger partial charge in [0, 0.05) is 17.3 Å². The van der Waals surface area contributed by atoms with E-state index < -0.39 is 36.2 Å². The van der Waals surface area contributed by atoms with Crippen LogP contribution in [0.25, 0.3) is 6.08 Å². The molecule has 0 spiro atoms. The van der Waals surface area contributed by atoms with Gasteiger partial charge in [-0.25, -0.2) is 14.1 Å². The predicted octanol–water partition coefficient (Wildman–Crippen LogP) is 3.25. The van der Waals surface area contributed by atoms with Gasteiger partial charge in [0.05, 0.1) is 12.8 Å². The quantitative estimate of drug-likeness (QED) is 0.350. The second kappa shape index (κ2) is 10.5. The average Bonchev–Trinajstić information content (AvgIpc) is 3.39. The highest BCUT2D eigenvalue weighted by molar-refractivity contribution is 6.39. The molecule has 198 valence electrons. The van der Waals surface area contributed by atoms with Crippen molar-refractivity contribution in [2.75, 3.05) is 30.7 Å². The molecule has 2 aliphatic rings. The second-order valence-corrected chi connectivity index (χ2v) is 8.22. The number of para-hydroxylation sites is 1. The van der Waals surface area contributed by atoms with Crippen molar-refractivity contribution in [1.29, 1.82) is 0 Å². The molecule has 0 bridgehead atoms. The lowest BCUT2D eigenvalue weighted by atomic mass is 10.1. The molecule has 5 amide bonds. The van der Waals surface area contributed by atoms with Gasteiger partial charge in [-0.3, -0.25) is 19.7 Å². The summed E-state index contributed by atoms with van der Waals surface area (Å²) in [5.74, 6) is -1.68. The number of ether oxygens (including phenoxy) is 4. The maximum absolute atomic E-state index is 13.4. The molecular formula is C27H20FN3O8. The molecule has 0 aliphatic carbocycles. The summed E-state index contributed by atoms with van der Waals surface area (Å²) in [6.45, 7) is -0.459. The molecule has 0 saturated carbocycles. The number of methoxy groups -OCH3 is 1. The molecule has 0 unspecified atom stereocenters. The summed E-state index contributed by atoms with van der Waals surface area (Å²) in [5.41, 5.74) is 0.411. The number of amides is 5. The van der Waals surface area contributed by atoms with Gasteiger partial charge in [-0.2, -0.15) is 0 Å². The SMILES string of the molecule is COc1cccc(/C=C2\C(=O)NC(=O)N(c3ccc4c(c3)OCO4)C2=O)c1OCC(=O)Nc1ccc(F)cc1. The van der Waals surface area contributed by atoms with E-state index in [0.717, 1.165) is 4.90 Å². The first kappa shape index (κ1) is 25.3. The molecule has 2 aliphatic heterocycles. The van der Waals surface area contributed by atoms with Crippen LogP contribution in [0.5, 0.6) is 23.0 Å². The third-order valence-electron chi connectivity index (χ3n) is 5.72. The van der Waals surface area contributed by atoms with Crippen molar-refractivity contribution in [3.63, 3.8) is 0 Å². The first-order valence-corrected chi connectivity index (χ1v) is 11.5. The highest BCUT2D eigenvalue weighted by Crippen LogP contribution is 2.37. The lowest BCUT2D eigenvalue weighted by Crippen LogP contribution is -2.54. The van der Waals surface area contributed by atoms with Crippen molar-refractivity contribution >= 4 is 41.2 Å². The van der Waals surface area contributed by atoms with E-state index in [-0.39, 0.29) is 35.1 Å². The largest absolute Gasteiger partial charge is 0.493 e. The number of carbonyl (C=O) groups excluding carboxylic acids is 4. The minimum Gasteiger partial charge on any atom is -0.493 e. The van der Waals surface area contributed by atoms with Crippen LogP contribution in [0.1, 0.15) is 5.56 Å². The van der Waals surface area contributed by atoms with Gasteiger partial charge in [-0.05, 0) is 48.5 Å². The smallest absolute Gasteiger partial charge is 0.335 e. The summed E-state index contributed by atoms with van der Waals surface area (Å²) in [4.78, 5) is 51.9. The zero-order valence-electron chi connectivity index (χ0n) is 20.4. The summed E-state index contributed by atoms with van der Waals surface area (Å²) in [5, 5.41) is 4.72. The first-order chi connectivity index (χ1) is 18.8. The highest BCUT2D eigenvalue weighted by Gasteiger charge is 2.37. The van der Waals surface area contributed by atoms with Crippen LogP contribution in [0.2, 0.25) is 0 Å². The topological polar surface area (TPSA) is 133 Å².